The van der Waals surface area contributed by atoms with E-state index in [1.807, 2.05) is 0 Å². The largest absolute Gasteiger partial charge is 0.480 e. The van der Waals surface area contributed by atoms with Gasteiger partial charge in [-0.25, -0.2) is 8.42 Å². The number of aliphatic carboxylic acids is 1. The van der Waals surface area contributed by atoms with Crippen LogP contribution >= 0.6 is 22.9 Å². The number of likely N-dealkylation sites (tertiary alicyclic amines) is 1. The first kappa shape index (κ1) is 18.1. The Kier molecular flexibility index (Phi) is 5.01. The molecule has 1 aromatic carbocycles. The molecule has 0 saturated carbocycles. The molecule has 1 atom stereocenters. The standard InChI is InChI=1S/C15H15ClN2O5S2/c16-13-7-9-6-10(3-4-12(9)24-13)25(22,23)17-11-2-1-5-18(15(11)21)8-14(19)20/h3-4,6-7,11,17H,1-2,5,8H2,(H,19,20)/t11-/m0/s1. The molecule has 1 fully saturated rings. The molecule has 134 valence electrons. The van der Waals surface area contributed by atoms with Gasteiger partial charge in [-0.1, -0.05) is 11.6 Å². The first-order chi connectivity index (χ1) is 11.8. The van der Waals surface area contributed by atoms with Crippen molar-refractivity contribution in [1.82, 2.24) is 9.62 Å². The molecule has 3 rings (SSSR count). The van der Waals surface area contributed by atoms with Gasteiger partial charge in [0.15, 0.2) is 0 Å². The van der Waals surface area contributed by atoms with Gasteiger partial charge >= 0.3 is 5.97 Å². The van der Waals surface area contributed by atoms with Crippen LogP contribution in [0.15, 0.2) is 29.2 Å². The van der Waals surface area contributed by atoms with E-state index >= 15 is 0 Å². The van der Waals surface area contributed by atoms with Crippen molar-refractivity contribution in [1.29, 1.82) is 0 Å². The smallest absolute Gasteiger partial charge is 0.323 e. The van der Waals surface area contributed by atoms with Crippen molar-refractivity contribution in [3.8, 4) is 0 Å². The number of carbonyl (C=O) groups excluding carboxylic acids is 1. The van der Waals surface area contributed by atoms with E-state index in [2.05, 4.69) is 4.72 Å². The zero-order chi connectivity index (χ0) is 18.2. The Bertz CT molecular complexity index is 941. The summed E-state index contributed by atoms with van der Waals surface area (Å²) in [5.41, 5.74) is 0. The van der Waals surface area contributed by atoms with Crippen LogP contribution < -0.4 is 4.72 Å². The number of amides is 1. The maximum atomic E-state index is 12.6. The third-order valence-corrected chi connectivity index (χ3v) is 6.64. The Hall–Kier alpha value is -1.68. The second-order valence-corrected chi connectivity index (χ2v) is 9.15. The number of piperidine rings is 1. The zero-order valence-electron chi connectivity index (χ0n) is 12.9. The molecule has 1 aliphatic rings. The summed E-state index contributed by atoms with van der Waals surface area (Å²) >= 11 is 7.28. The predicted octanol–water partition coefficient (Wildman–Crippen LogP) is 1.91. The maximum absolute atomic E-state index is 12.6. The Labute approximate surface area is 153 Å². The number of carbonyl (C=O) groups is 2. The number of hydrogen-bond acceptors (Lipinski definition) is 5. The summed E-state index contributed by atoms with van der Waals surface area (Å²) in [6.45, 7) is -0.126. The van der Waals surface area contributed by atoms with Crippen LogP contribution in [-0.2, 0) is 19.6 Å². The van der Waals surface area contributed by atoms with Crippen LogP contribution in [0.3, 0.4) is 0 Å². The summed E-state index contributed by atoms with van der Waals surface area (Å²) in [5.74, 6) is -1.64. The van der Waals surface area contributed by atoms with Crippen LogP contribution in [0, 0.1) is 0 Å². The molecule has 1 amide bonds. The third-order valence-electron chi connectivity index (χ3n) is 3.92. The lowest BCUT2D eigenvalue weighted by Crippen LogP contribution is -2.53. The highest BCUT2D eigenvalue weighted by atomic mass is 35.5. The minimum atomic E-state index is -3.91. The Morgan fingerprint density at radius 3 is 2.88 bits per heavy atom. The third kappa shape index (κ3) is 3.95. The molecule has 10 heteroatoms. The molecule has 0 radical (unpaired) electrons. The molecular formula is C15H15ClN2O5S2. The predicted molar refractivity (Wildman–Crippen MR) is 94.4 cm³/mol. The average Bonchev–Trinajstić information content (AvgIpc) is 2.89. The van der Waals surface area contributed by atoms with Crippen LogP contribution in [0.25, 0.3) is 10.1 Å². The summed E-state index contributed by atoms with van der Waals surface area (Å²) in [6, 6.07) is 5.35. The topological polar surface area (TPSA) is 104 Å². The number of carboxylic acids is 1. The van der Waals surface area contributed by atoms with Crippen LogP contribution in [0.1, 0.15) is 12.8 Å². The first-order valence-electron chi connectivity index (χ1n) is 7.48. The van der Waals surface area contributed by atoms with Crippen molar-refractivity contribution in [3.63, 3.8) is 0 Å². The quantitative estimate of drug-likeness (QED) is 0.795. The van der Waals surface area contributed by atoms with E-state index < -0.39 is 34.5 Å². The summed E-state index contributed by atoms with van der Waals surface area (Å²) in [6.07, 6.45) is 0.867. The van der Waals surface area contributed by atoms with Crippen LogP contribution in [0.5, 0.6) is 0 Å². The lowest BCUT2D eigenvalue weighted by atomic mass is 10.1. The van der Waals surface area contributed by atoms with E-state index in [1.165, 1.54) is 23.5 Å². The number of nitrogens with zero attached hydrogens (tertiary/aromatic N) is 1. The molecule has 0 unspecified atom stereocenters. The van der Waals surface area contributed by atoms with Gasteiger partial charge in [0.1, 0.15) is 12.6 Å². The summed E-state index contributed by atoms with van der Waals surface area (Å²) in [5, 5.41) is 9.55. The number of sulfonamides is 1. The van der Waals surface area contributed by atoms with E-state index in [1.54, 1.807) is 12.1 Å². The van der Waals surface area contributed by atoms with Crippen molar-refractivity contribution < 1.29 is 23.1 Å². The van der Waals surface area contributed by atoms with Gasteiger partial charge in [0.25, 0.3) is 0 Å². The SMILES string of the molecule is O=C(O)CN1CCC[C@H](NS(=O)(=O)c2ccc3sc(Cl)cc3c2)C1=O. The van der Waals surface area contributed by atoms with E-state index in [0.29, 0.717) is 29.1 Å². The molecule has 0 bridgehead atoms. The molecular weight excluding hydrogens is 388 g/mol. The molecule has 1 aliphatic heterocycles. The van der Waals surface area contributed by atoms with Gasteiger partial charge in [-0.05, 0) is 42.5 Å². The van der Waals surface area contributed by atoms with Crippen LogP contribution in [0.2, 0.25) is 4.34 Å². The Morgan fingerprint density at radius 2 is 2.16 bits per heavy atom. The monoisotopic (exact) mass is 402 g/mol. The van der Waals surface area contributed by atoms with Gasteiger partial charge in [0, 0.05) is 11.2 Å². The van der Waals surface area contributed by atoms with Crippen LogP contribution in [-0.4, -0.2) is 49.4 Å². The van der Waals surface area contributed by atoms with Crippen molar-refractivity contribution >= 4 is 54.9 Å². The fourth-order valence-corrected chi connectivity index (χ4v) is 5.17. The molecule has 2 heterocycles. The fourth-order valence-electron chi connectivity index (χ4n) is 2.78. The molecule has 1 aromatic heterocycles. The zero-order valence-corrected chi connectivity index (χ0v) is 15.3. The van der Waals surface area contributed by atoms with E-state index in [4.69, 9.17) is 16.7 Å². The lowest BCUT2D eigenvalue weighted by Gasteiger charge is -2.31. The molecule has 0 aliphatic carbocycles. The molecule has 25 heavy (non-hydrogen) atoms. The number of carboxylic acid groups (broad SMARTS) is 1. The van der Waals surface area contributed by atoms with Gasteiger partial charge < -0.3 is 10.0 Å². The summed E-state index contributed by atoms with van der Waals surface area (Å²) < 4.78 is 29.0. The minimum Gasteiger partial charge on any atom is -0.480 e. The molecule has 2 N–H and O–H groups in total. The summed E-state index contributed by atoms with van der Waals surface area (Å²) in [4.78, 5) is 24.3. The number of rotatable bonds is 5. The number of hydrogen-bond donors (Lipinski definition) is 2. The highest BCUT2D eigenvalue weighted by Crippen LogP contribution is 2.31. The normalized spacial score (nSPS) is 18.7. The van der Waals surface area contributed by atoms with Gasteiger partial charge in [-0.2, -0.15) is 4.72 Å². The van der Waals surface area contributed by atoms with Crippen molar-refractivity contribution in [3.05, 3.63) is 28.6 Å². The Balaban J connectivity index is 1.81. The molecule has 0 spiro atoms. The lowest BCUT2D eigenvalue weighted by molar-refractivity contribution is -0.146. The number of halogens is 1. The van der Waals surface area contributed by atoms with Crippen molar-refractivity contribution in [2.45, 2.75) is 23.8 Å². The second-order valence-electron chi connectivity index (χ2n) is 5.72. The number of nitrogens with one attached hydrogen (secondary N) is 1. The van der Waals surface area contributed by atoms with Crippen molar-refractivity contribution in [2.24, 2.45) is 0 Å². The maximum Gasteiger partial charge on any atom is 0.323 e. The highest BCUT2D eigenvalue weighted by Gasteiger charge is 2.33. The van der Waals surface area contributed by atoms with E-state index in [0.717, 1.165) is 9.60 Å². The van der Waals surface area contributed by atoms with Gasteiger partial charge in [-0.15, -0.1) is 11.3 Å². The van der Waals surface area contributed by atoms with Gasteiger partial charge in [0.05, 0.1) is 9.23 Å². The highest BCUT2D eigenvalue weighted by molar-refractivity contribution is 7.89. The van der Waals surface area contributed by atoms with Crippen LogP contribution in [0.4, 0.5) is 0 Å². The second kappa shape index (κ2) is 6.91. The Morgan fingerprint density at radius 1 is 1.40 bits per heavy atom. The molecule has 1 saturated heterocycles. The number of fused-ring (bicyclic) bond motifs is 1. The summed E-state index contributed by atoms with van der Waals surface area (Å²) in [7, 11) is -3.91. The first-order valence-corrected chi connectivity index (χ1v) is 10.2. The fraction of sp³-hybridized carbons (Fsp3) is 0.333. The van der Waals surface area contributed by atoms with E-state index in [9.17, 15) is 18.0 Å². The van der Waals surface area contributed by atoms with E-state index in [-0.39, 0.29) is 4.90 Å². The van der Waals surface area contributed by atoms with Crippen molar-refractivity contribution in [2.75, 3.05) is 13.1 Å². The van der Waals surface area contributed by atoms with Gasteiger partial charge in [0.2, 0.25) is 15.9 Å². The van der Waals surface area contributed by atoms with Gasteiger partial charge in [-0.3, -0.25) is 9.59 Å². The minimum absolute atomic E-state index is 0.0395. The molecule has 7 nitrogen and oxygen atoms in total. The average molecular weight is 403 g/mol. The number of thiophene rings is 1. The number of benzene rings is 1. The molecule has 2 aromatic rings.